The second kappa shape index (κ2) is 8.75. The van der Waals surface area contributed by atoms with Crippen molar-refractivity contribution in [2.75, 3.05) is 32.8 Å². The molecule has 1 aliphatic rings. The Hall–Kier alpha value is -0.380. The van der Waals surface area contributed by atoms with E-state index in [1.807, 2.05) is 18.2 Å². The van der Waals surface area contributed by atoms with E-state index >= 15 is 0 Å². The number of rotatable bonds is 6. The van der Waals surface area contributed by atoms with Crippen LogP contribution in [-0.4, -0.2) is 46.2 Å². The van der Waals surface area contributed by atoms with Gasteiger partial charge in [-0.2, -0.15) is 0 Å². The van der Waals surface area contributed by atoms with E-state index in [0.29, 0.717) is 35.7 Å². The maximum absolute atomic E-state index is 12.6. The molecule has 0 saturated carbocycles. The van der Waals surface area contributed by atoms with Crippen LogP contribution in [0.4, 0.5) is 0 Å². The molecule has 26 heavy (non-hydrogen) atoms. The molecule has 0 amide bonds. The lowest BCUT2D eigenvalue weighted by molar-refractivity contribution is 0.0172. The lowest BCUT2D eigenvalue weighted by atomic mass is 10.0. The number of benzene rings is 1. The van der Waals surface area contributed by atoms with E-state index < -0.39 is 10.0 Å². The largest absolute Gasteiger partial charge is 0.379 e. The Morgan fingerprint density at radius 3 is 2.50 bits per heavy atom. The van der Waals surface area contributed by atoms with Crippen LogP contribution in [0.15, 0.2) is 35.2 Å². The zero-order chi connectivity index (χ0) is 18.7. The van der Waals surface area contributed by atoms with Gasteiger partial charge in [0.2, 0.25) is 10.0 Å². The lowest BCUT2D eigenvalue weighted by Gasteiger charge is -2.35. The summed E-state index contributed by atoms with van der Waals surface area (Å²) in [6.07, 6.45) is 0. The van der Waals surface area contributed by atoms with E-state index in [-0.39, 0.29) is 21.8 Å². The molecule has 2 aromatic rings. The molecule has 1 aliphatic heterocycles. The third-order valence-electron chi connectivity index (χ3n) is 4.13. The summed E-state index contributed by atoms with van der Waals surface area (Å²) in [5.41, 5.74) is 0.869. The van der Waals surface area contributed by atoms with Gasteiger partial charge < -0.3 is 4.74 Å². The number of nitrogens with one attached hydrogen (secondary N) is 1. The molecule has 0 bridgehead atoms. The minimum Gasteiger partial charge on any atom is -0.379 e. The molecule has 1 unspecified atom stereocenters. The molecular weight excluding hydrogens is 439 g/mol. The number of hydrogen-bond donors (Lipinski definition) is 1. The highest BCUT2D eigenvalue weighted by molar-refractivity contribution is 7.89. The Morgan fingerprint density at radius 1 is 1.19 bits per heavy atom. The van der Waals surface area contributed by atoms with Crippen molar-refractivity contribution in [2.45, 2.75) is 10.9 Å². The summed E-state index contributed by atoms with van der Waals surface area (Å²) in [5, 5.41) is 0.597. The monoisotopic (exact) mass is 454 g/mol. The van der Waals surface area contributed by atoms with E-state index in [0.717, 1.165) is 16.9 Å². The fourth-order valence-corrected chi connectivity index (χ4v) is 6.29. The highest BCUT2D eigenvalue weighted by Crippen LogP contribution is 2.34. The normalized spacial score (nSPS) is 17.3. The summed E-state index contributed by atoms with van der Waals surface area (Å²) in [6.45, 7) is 2.75. The predicted molar refractivity (Wildman–Crippen MR) is 106 cm³/mol. The number of ether oxygens (including phenoxy) is 1. The number of hydrogen-bond acceptors (Lipinski definition) is 5. The predicted octanol–water partition coefficient (Wildman–Crippen LogP) is 4.06. The average molecular weight is 456 g/mol. The molecule has 1 fully saturated rings. The first-order valence-corrected chi connectivity index (χ1v) is 11.3. The Bertz CT molecular complexity index is 867. The second-order valence-electron chi connectivity index (χ2n) is 5.73. The zero-order valence-electron chi connectivity index (χ0n) is 13.6. The van der Waals surface area contributed by atoms with Crippen molar-refractivity contribution in [3.05, 3.63) is 49.6 Å². The van der Waals surface area contributed by atoms with Gasteiger partial charge in [-0.3, -0.25) is 4.90 Å². The quantitative estimate of drug-likeness (QED) is 0.713. The van der Waals surface area contributed by atoms with E-state index in [2.05, 4.69) is 9.62 Å². The zero-order valence-corrected chi connectivity index (χ0v) is 17.5. The van der Waals surface area contributed by atoms with Gasteiger partial charge in [-0.05, 0) is 17.7 Å². The number of morpholine rings is 1. The van der Waals surface area contributed by atoms with Crippen molar-refractivity contribution in [1.82, 2.24) is 9.62 Å². The van der Waals surface area contributed by atoms with Gasteiger partial charge >= 0.3 is 0 Å². The Kier molecular flexibility index (Phi) is 6.85. The summed E-state index contributed by atoms with van der Waals surface area (Å²) < 4.78 is 33.8. The second-order valence-corrected chi connectivity index (χ2v) is 10.2. The molecule has 1 N–H and O–H groups in total. The summed E-state index contributed by atoms with van der Waals surface area (Å²) in [6, 6.07) is 8.59. The average Bonchev–Trinajstić information content (AvgIpc) is 2.97. The first kappa shape index (κ1) is 20.4. The minimum absolute atomic E-state index is 0.00551. The summed E-state index contributed by atoms with van der Waals surface area (Å²) in [7, 11) is -3.78. The third-order valence-corrected chi connectivity index (χ3v) is 7.65. The van der Waals surface area contributed by atoms with Gasteiger partial charge in [0.25, 0.3) is 0 Å². The topological polar surface area (TPSA) is 58.6 Å². The van der Waals surface area contributed by atoms with Crippen LogP contribution >= 0.6 is 46.1 Å². The summed E-state index contributed by atoms with van der Waals surface area (Å²) >= 11 is 19.3. The standard InChI is InChI=1S/C16H17Cl3N2O3S2/c17-12-4-2-1-3-11(12)13(21-5-7-24-8-6-21)10-20-26(22,23)14-9-15(18)25-16(14)19/h1-4,9,13,20H,5-8,10H2. The van der Waals surface area contributed by atoms with Gasteiger partial charge in [-0.1, -0.05) is 53.0 Å². The molecule has 1 atom stereocenters. The van der Waals surface area contributed by atoms with Crippen LogP contribution in [0.5, 0.6) is 0 Å². The van der Waals surface area contributed by atoms with Crippen LogP contribution in [0.1, 0.15) is 11.6 Å². The summed E-state index contributed by atoms with van der Waals surface area (Å²) in [5.74, 6) is 0. The van der Waals surface area contributed by atoms with Crippen LogP contribution in [0.2, 0.25) is 13.7 Å². The van der Waals surface area contributed by atoms with Gasteiger partial charge in [0.05, 0.1) is 17.6 Å². The minimum atomic E-state index is -3.78. The van der Waals surface area contributed by atoms with Gasteiger partial charge in [0.15, 0.2) is 0 Å². The van der Waals surface area contributed by atoms with Crippen molar-refractivity contribution >= 4 is 56.2 Å². The van der Waals surface area contributed by atoms with Crippen molar-refractivity contribution in [3.8, 4) is 0 Å². The molecular formula is C16H17Cl3N2O3S2. The molecule has 5 nitrogen and oxygen atoms in total. The molecule has 0 spiro atoms. The highest BCUT2D eigenvalue weighted by Gasteiger charge is 2.28. The van der Waals surface area contributed by atoms with Crippen LogP contribution in [-0.2, 0) is 14.8 Å². The fourth-order valence-electron chi connectivity index (χ4n) is 2.85. The first-order chi connectivity index (χ1) is 12.4. The van der Waals surface area contributed by atoms with Gasteiger partial charge in [0.1, 0.15) is 9.23 Å². The SMILES string of the molecule is O=S(=O)(NCC(c1ccccc1Cl)N1CCOCC1)c1cc(Cl)sc1Cl. The Labute approximate surface area is 171 Å². The number of sulfonamides is 1. The molecule has 1 saturated heterocycles. The molecule has 1 aromatic carbocycles. The lowest BCUT2D eigenvalue weighted by Crippen LogP contribution is -2.43. The molecule has 10 heteroatoms. The van der Waals surface area contributed by atoms with Crippen LogP contribution in [0.3, 0.4) is 0 Å². The van der Waals surface area contributed by atoms with Gasteiger partial charge in [0, 0.05) is 30.7 Å². The Morgan fingerprint density at radius 2 is 1.88 bits per heavy atom. The number of thiophene rings is 1. The number of nitrogens with zero attached hydrogens (tertiary/aromatic N) is 1. The van der Waals surface area contributed by atoms with E-state index in [9.17, 15) is 8.42 Å². The van der Waals surface area contributed by atoms with Crippen LogP contribution in [0.25, 0.3) is 0 Å². The Balaban J connectivity index is 1.84. The smallest absolute Gasteiger partial charge is 0.243 e. The van der Waals surface area contributed by atoms with Crippen molar-refractivity contribution in [1.29, 1.82) is 0 Å². The number of halogens is 3. The molecule has 142 valence electrons. The maximum atomic E-state index is 12.6. The highest BCUT2D eigenvalue weighted by atomic mass is 35.5. The van der Waals surface area contributed by atoms with Crippen LogP contribution < -0.4 is 4.72 Å². The van der Waals surface area contributed by atoms with E-state index in [4.69, 9.17) is 39.5 Å². The molecule has 2 heterocycles. The molecule has 3 rings (SSSR count). The fraction of sp³-hybridized carbons (Fsp3) is 0.375. The third kappa shape index (κ3) is 4.72. The molecule has 1 aromatic heterocycles. The van der Waals surface area contributed by atoms with Crippen molar-refractivity contribution in [2.24, 2.45) is 0 Å². The van der Waals surface area contributed by atoms with Gasteiger partial charge in [-0.25, -0.2) is 13.1 Å². The van der Waals surface area contributed by atoms with Crippen LogP contribution in [0, 0.1) is 0 Å². The van der Waals surface area contributed by atoms with Gasteiger partial charge in [-0.15, -0.1) is 11.3 Å². The van der Waals surface area contributed by atoms with Crippen molar-refractivity contribution in [3.63, 3.8) is 0 Å². The maximum Gasteiger partial charge on any atom is 0.243 e. The summed E-state index contributed by atoms with van der Waals surface area (Å²) in [4.78, 5) is 2.16. The molecule has 0 aliphatic carbocycles. The van der Waals surface area contributed by atoms with E-state index in [1.54, 1.807) is 6.07 Å². The molecule has 0 radical (unpaired) electrons. The van der Waals surface area contributed by atoms with Crippen molar-refractivity contribution < 1.29 is 13.2 Å². The first-order valence-electron chi connectivity index (χ1n) is 7.89. The van der Waals surface area contributed by atoms with E-state index in [1.165, 1.54) is 6.07 Å².